The summed E-state index contributed by atoms with van der Waals surface area (Å²) in [6.07, 6.45) is 1.62. The molecule has 8 nitrogen and oxygen atoms in total. The average molecular weight is 498 g/mol. The van der Waals surface area contributed by atoms with Gasteiger partial charge in [0.1, 0.15) is 12.1 Å². The Bertz CT molecular complexity index is 1450. The zero-order chi connectivity index (χ0) is 24.3. The number of halogens is 1. The highest BCUT2D eigenvalue weighted by Gasteiger charge is 2.17. The molecule has 1 heterocycles. The molecule has 0 aliphatic carbocycles. The quantitative estimate of drug-likeness (QED) is 0.390. The highest BCUT2D eigenvalue weighted by Crippen LogP contribution is 2.26. The number of nitrogens with one attached hydrogen (secondary N) is 2. The van der Waals surface area contributed by atoms with Crippen molar-refractivity contribution in [3.63, 3.8) is 0 Å². The maximum Gasteiger partial charge on any atom is 0.261 e. The SMILES string of the molecule is Cc1ccc(S(=O)(=O)Nc2cccc(C(=O)Nc3ccc(Sc4nncn4C)cc3)c2)cc1F. The van der Waals surface area contributed by atoms with Crippen molar-refractivity contribution < 1.29 is 17.6 Å². The predicted octanol–water partition coefficient (Wildman–Crippen LogP) is 4.47. The van der Waals surface area contributed by atoms with Gasteiger partial charge >= 0.3 is 0 Å². The number of carbonyl (C=O) groups is 1. The molecule has 2 N–H and O–H groups in total. The van der Waals surface area contributed by atoms with E-state index in [-0.39, 0.29) is 16.1 Å². The van der Waals surface area contributed by atoms with Crippen LogP contribution < -0.4 is 10.0 Å². The Morgan fingerprint density at radius 3 is 2.47 bits per heavy atom. The predicted molar refractivity (Wildman–Crippen MR) is 128 cm³/mol. The highest BCUT2D eigenvalue weighted by molar-refractivity contribution is 7.99. The van der Waals surface area contributed by atoms with Crippen LogP contribution in [0, 0.1) is 12.7 Å². The molecule has 174 valence electrons. The van der Waals surface area contributed by atoms with Crippen LogP contribution in [0.4, 0.5) is 15.8 Å². The first-order valence-electron chi connectivity index (χ1n) is 10.0. The third-order valence-electron chi connectivity index (χ3n) is 4.82. The number of carbonyl (C=O) groups excluding carboxylic acids is 1. The number of rotatable bonds is 7. The zero-order valence-electron chi connectivity index (χ0n) is 18.2. The van der Waals surface area contributed by atoms with Crippen molar-refractivity contribution >= 4 is 39.1 Å². The van der Waals surface area contributed by atoms with E-state index in [1.165, 1.54) is 36.0 Å². The third-order valence-corrected chi connectivity index (χ3v) is 7.26. The van der Waals surface area contributed by atoms with Crippen molar-refractivity contribution in [1.82, 2.24) is 14.8 Å². The maximum atomic E-state index is 13.8. The first kappa shape index (κ1) is 23.5. The van der Waals surface area contributed by atoms with E-state index >= 15 is 0 Å². The molecule has 0 saturated carbocycles. The van der Waals surface area contributed by atoms with Crippen LogP contribution in [0.25, 0.3) is 0 Å². The minimum Gasteiger partial charge on any atom is -0.322 e. The smallest absolute Gasteiger partial charge is 0.261 e. The number of nitrogens with zero attached hydrogens (tertiary/aromatic N) is 3. The fraction of sp³-hybridized carbons (Fsp3) is 0.0870. The second-order valence-electron chi connectivity index (χ2n) is 7.40. The molecule has 0 fully saturated rings. The minimum atomic E-state index is -4.02. The number of aromatic nitrogens is 3. The summed E-state index contributed by atoms with van der Waals surface area (Å²) in [5, 5.41) is 11.4. The summed E-state index contributed by atoms with van der Waals surface area (Å²) in [4.78, 5) is 13.4. The molecular weight excluding hydrogens is 477 g/mol. The van der Waals surface area contributed by atoms with Gasteiger partial charge in [-0.05, 0) is 78.8 Å². The van der Waals surface area contributed by atoms with Crippen LogP contribution in [0.1, 0.15) is 15.9 Å². The lowest BCUT2D eigenvalue weighted by Gasteiger charge is -2.11. The molecule has 0 saturated heterocycles. The second kappa shape index (κ2) is 9.65. The molecule has 4 aromatic rings. The minimum absolute atomic E-state index is 0.184. The maximum absolute atomic E-state index is 13.8. The summed E-state index contributed by atoms with van der Waals surface area (Å²) in [5.74, 6) is -1.02. The van der Waals surface area contributed by atoms with Crippen molar-refractivity contribution in [2.75, 3.05) is 10.0 Å². The lowest BCUT2D eigenvalue weighted by molar-refractivity contribution is 0.102. The summed E-state index contributed by atoms with van der Waals surface area (Å²) >= 11 is 1.44. The van der Waals surface area contributed by atoms with Gasteiger partial charge in [0.15, 0.2) is 5.16 Å². The Morgan fingerprint density at radius 2 is 1.79 bits per heavy atom. The molecule has 1 aromatic heterocycles. The number of sulfonamides is 1. The van der Waals surface area contributed by atoms with Gasteiger partial charge in [-0.2, -0.15) is 0 Å². The van der Waals surface area contributed by atoms with E-state index in [9.17, 15) is 17.6 Å². The van der Waals surface area contributed by atoms with Crippen LogP contribution >= 0.6 is 11.8 Å². The van der Waals surface area contributed by atoms with Gasteiger partial charge in [-0.15, -0.1) is 10.2 Å². The van der Waals surface area contributed by atoms with Crippen molar-refractivity contribution in [1.29, 1.82) is 0 Å². The Morgan fingerprint density at radius 1 is 1.03 bits per heavy atom. The van der Waals surface area contributed by atoms with Gasteiger partial charge < -0.3 is 9.88 Å². The molecule has 0 spiro atoms. The van der Waals surface area contributed by atoms with E-state index in [0.29, 0.717) is 11.3 Å². The molecule has 4 rings (SSSR count). The standard InChI is InChI=1S/C23H20FN5O3S2/c1-15-6-11-20(13-21(15)24)34(31,32)28-18-5-3-4-16(12-18)22(30)26-17-7-9-19(10-8-17)33-23-27-25-14-29(23)2/h3-14,28H,1-2H3,(H,26,30). The monoisotopic (exact) mass is 497 g/mol. The Balaban J connectivity index is 1.44. The van der Waals surface area contributed by atoms with E-state index in [2.05, 4.69) is 20.2 Å². The van der Waals surface area contributed by atoms with Crippen molar-refractivity contribution in [2.45, 2.75) is 21.9 Å². The van der Waals surface area contributed by atoms with Gasteiger partial charge in [-0.25, -0.2) is 12.8 Å². The zero-order valence-corrected chi connectivity index (χ0v) is 19.8. The summed E-state index contributed by atoms with van der Waals surface area (Å²) in [5.41, 5.74) is 1.36. The largest absolute Gasteiger partial charge is 0.322 e. The number of hydrogen-bond acceptors (Lipinski definition) is 6. The van der Waals surface area contributed by atoms with Crippen LogP contribution in [-0.2, 0) is 17.1 Å². The van der Waals surface area contributed by atoms with Crippen LogP contribution in [-0.4, -0.2) is 29.1 Å². The first-order valence-corrected chi connectivity index (χ1v) is 12.3. The molecule has 1 amide bonds. The lowest BCUT2D eigenvalue weighted by Crippen LogP contribution is -2.15. The average Bonchev–Trinajstić information content (AvgIpc) is 3.21. The summed E-state index contributed by atoms with van der Waals surface area (Å²) in [6.45, 7) is 1.55. The summed E-state index contributed by atoms with van der Waals surface area (Å²) in [6, 6.07) is 16.9. The van der Waals surface area contributed by atoms with Crippen molar-refractivity contribution in [3.05, 3.63) is 90.0 Å². The van der Waals surface area contributed by atoms with E-state index in [0.717, 1.165) is 16.1 Å². The highest BCUT2D eigenvalue weighted by atomic mass is 32.2. The van der Waals surface area contributed by atoms with Gasteiger partial charge in [-0.1, -0.05) is 12.1 Å². The number of aryl methyl sites for hydroxylation is 2. The van der Waals surface area contributed by atoms with E-state index in [4.69, 9.17) is 0 Å². The second-order valence-corrected chi connectivity index (χ2v) is 10.1. The Kier molecular flexibility index (Phi) is 6.66. The van der Waals surface area contributed by atoms with Gasteiger partial charge in [-0.3, -0.25) is 9.52 Å². The number of benzene rings is 3. The first-order chi connectivity index (χ1) is 16.2. The van der Waals surface area contributed by atoms with Crippen LogP contribution in [0.3, 0.4) is 0 Å². The number of amides is 1. The van der Waals surface area contributed by atoms with Crippen LogP contribution in [0.2, 0.25) is 0 Å². The Hall–Kier alpha value is -3.70. The van der Waals surface area contributed by atoms with Gasteiger partial charge in [0.25, 0.3) is 15.9 Å². The summed E-state index contributed by atoms with van der Waals surface area (Å²) < 4.78 is 43.2. The van der Waals surface area contributed by atoms with Crippen molar-refractivity contribution in [3.8, 4) is 0 Å². The molecule has 0 aliphatic heterocycles. The topological polar surface area (TPSA) is 106 Å². The van der Waals surface area contributed by atoms with Crippen molar-refractivity contribution in [2.24, 2.45) is 7.05 Å². The Labute approximate surface area is 200 Å². The van der Waals surface area contributed by atoms with E-state index in [1.54, 1.807) is 42.1 Å². The lowest BCUT2D eigenvalue weighted by atomic mass is 10.2. The fourth-order valence-corrected chi connectivity index (χ4v) is 4.78. The molecule has 0 atom stereocenters. The van der Waals surface area contributed by atoms with E-state index in [1.807, 2.05) is 19.2 Å². The number of anilines is 2. The van der Waals surface area contributed by atoms with Gasteiger partial charge in [0.05, 0.1) is 4.90 Å². The summed E-state index contributed by atoms with van der Waals surface area (Å²) in [7, 11) is -2.17. The molecular formula is C23H20FN5O3S2. The molecule has 11 heteroatoms. The van der Waals surface area contributed by atoms with Crippen LogP contribution in [0.5, 0.6) is 0 Å². The molecule has 0 unspecified atom stereocenters. The van der Waals surface area contributed by atoms with Gasteiger partial charge in [0.2, 0.25) is 0 Å². The normalized spacial score (nSPS) is 11.3. The molecule has 34 heavy (non-hydrogen) atoms. The molecule has 0 aliphatic rings. The van der Waals surface area contributed by atoms with E-state index < -0.39 is 21.7 Å². The third kappa shape index (κ3) is 5.43. The molecule has 0 bridgehead atoms. The van der Waals surface area contributed by atoms with Gasteiger partial charge in [0, 0.05) is 28.9 Å². The van der Waals surface area contributed by atoms with Crippen LogP contribution in [0.15, 0.2) is 88.0 Å². The molecule has 3 aromatic carbocycles. The number of hydrogen-bond donors (Lipinski definition) is 2. The molecule has 0 radical (unpaired) electrons. The fourth-order valence-electron chi connectivity index (χ4n) is 2.96.